The van der Waals surface area contributed by atoms with Crippen LogP contribution >= 0.6 is 0 Å². The van der Waals surface area contributed by atoms with Crippen molar-refractivity contribution in [3.8, 4) is 5.88 Å². The first-order chi connectivity index (χ1) is 15.1. The lowest BCUT2D eigenvalue weighted by Gasteiger charge is -2.31. The summed E-state index contributed by atoms with van der Waals surface area (Å²) in [5.41, 5.74) is 1.19. The molecule has 0 radical (unpaired) electrons. The molecule has 1 amide bonds. The Kier molecular flexibility index (Phi) is 5.87. The fourth-order valence-corrected chi connectivity index (χ4v) is 3.81. The van der Waals surface area contributed by atoms with Gasteiger partial charge in [-0.3, -0.25) is 9.48 Å². The lowest BCUT2D eigenvalue weighted by Crippen LogP contribution is -2.40. The SMILES string of the molecule is Cn1cc(C(=O)N2CCC(COc3ccc4nc(C(C)(C)C)cn4n3)CC2)c(C(F)F)n1. The number of aromatic nitrogens is 5. The monoisotopic (exact) mass is 446 g/mol. The van der Waals surface area contributed by atoms with E-state index in [1.54, 1.807) is 9.42 Å². The molecule has 0 unspecified atom stereocenters. The molecule has 0 aromatic carbocycles. The number of alkyl halides is 2. The van der Waals surface area contributed by atoms with Gasteiger partial charge in [0.25, 0.3) is 12.3 Å². The maximum absolute atomic E-state index is 13.2. The standard InChI is InChI=1S/C22H28F2N6O2/c1-22(2,3)16-12-30-17(25-16)5-6-18(26-30)32-13-14-7-9-29(10-8-14)21(31)15-11-28(4)27-19(15)20(23)24/h5-6,11-12,14,20H,7-10,13H2,1-4H3. The van der Waals surface area contributed by atoms with Gasteiger partial charge >= 0.3 is 0 Å². The Morgan fingerprint density at radius 1 is 1.19 bits per heavy atom. The molecule has 1 fully saturated rings. The Morgan fingerprint density at radius 3 is 2.56 bits per heavy atom. The molecule has 32 heavy (non-hydrogen) atoms. The van der Waals surface area contributed by atoms with Gasteiger partial charge in [-0.2, -0.15) is 5.10 Å². The summed E-state index contributed by atoms with van der Waals surface area (Å²) < 4.78 is 35.2. The summed E-state index contributed by atoms with van der Waals surface area (Å²) in [6, 6.07) is 3.69. The van der Waals surface area contributed by atoms with Crippen molar-refractivity contribution in [2.45, 2.75) is 45.5 Å². The van der Waals surface area contributed by atoms with E-state index in [0.29, 0.717) is 25.6 Å². The molecule has 10 heteroatoms. The third-order valence-corrected chi connectivity index (χ3v) is 5.73. The summed E-state index contributed by atoms with van der Waals surface area (Å²) in [5, 5.41) is 8.22. The number of hydrogen-bond acceptors (Lipinski definition) is 5. The number of aryl methyl sites for hydroxylation is 1. The van der Waals surface area contributed by atoms with E-state index < -0.39 is 18.0 Å². The number of fused-ring (bicyclic) bond motifs is 1. The quantitative estimate of drug-likeness (QED) is 0.598. The number of halogens is 2. The van der Waals surface area contributed by atoms with E-state index in [1.807, 2.05) is 18.3 Å². The van der Waals surface area contributed by atoms with Gasteiger partial charge in [0.15, 0.2) is 5.65 Å². The van der Waals surface area contributed by atoms with Crippen LogP contribution in [-0.2, 0) is 12.5 Å². The first kappa shape index (κ1) is 22.2. The van der Waals surface area contributed by atoms with Crippen LogP contribution in [0.3, 0.4) is 0 Å². The summed E-state index contributed by atoms with van der Waals surface area (Å²) >= 11 is 0. The number of carbonyl (C=O) groups excluding carboxylic acids is 1. The maximum Gasteiger partial charge on any atom is 0.282 e. The van der Waals surface area contributed by atoms with Crippen LogP contribution in [0.25, 0.3) is 5.65 Å². The highest BCUT2D eigenvalue weighted by Gasteiger charge is 2.29. The predicted octanol–water partition coefficient (Wildman–Crippen LogP) is 3.63. The average Bonchev–Trinajstić information content (AvgIpc) is 3.35. The highest BCUT2D eigenvalue weighted by atomic mass is 19.3. The van der Waals surface area contributed by atoms with Gasteiger partial charge in [0, 0.05) is 37.8 Å². The average molecular weight is 447 g/mol. The van der Waals surface area contributed by atoms with Crippen molar-refractivity contribution in [1.29, 1.82) is 0 Å². The molecule has 1 aliphatic rings. The summed E-state index contributed by atoms with van der Waals surface area (Å²) in [7, 11) is 1.53. The van der Waals surface area contributed by atoms with Crippen LogP contribution < -0.4 is 4.74 Å². The molecule has 0 spiro atoms. The molecule has 3 aromatic heterocycles. The number of likely N-dealkylation sites (tertiary alicyclic amines) is 1. The van der Waals surface area contributed by atoms with E-state index in [4.69, 9.17) is 4.74 Å². The van der Waals surface area contributed by atoms with Crippen molar-refractivity contribution in [1.82, 2.24) is 29.3 Å². The van der Waals surface area contributed by atoms with Gasteiger partial charge < -0.3 is 9.64 Å². The van der Waals surface area contributed by atoms with Crippen LogP contribution in [0, 0.1) is 5.92 Å². The van der Waals surface area contributed by atoms with E-state index in [1.165, 1.54) is 17.9 Å². The fraction of sp³-hybridized carbons (Fsp3) is 0.545. The Hall–Kier alpha value is -3.04. The topological polar surface area (TPSA) is 77.5 Å². The summed E-state index contributed by atoms with van der Waals surface area (Å²) in [6.45, 7) is 7.78. The third-order valence-electron chi connectivity index (χ3n) is 5.73. The normalized spacial score (nSPS) is 15.7. The third kappa shape index (κ3) is 4.58. The minimum atomic E-state index is -2.78. The van der Waals surface area contributed by atoms with Crippen molar-refractivity contribution >= 4 is 11.6 Å². The van der Waals surface area contributed by atoms with Crippen LogP contribution in [0.1, 0.15) is 61.8 Å². The zero-order valence-corrected chi connectivity index (χ0v) is 18.8. The van der Waals surface area contributed by atoms with Crippen LogP contribution in [0.4, 0.5) is 8.78 Å². The van der Waals surface area contributed by atoms with Crippen molar-refractivity contribution < 1.29 is 18.3 Å². The Morgan fingerprint density at radius 2 is 1.91 bits per heavy atom. The first-order valence-corrected chi connectivity index (χ1v) is 10.7. The molecule has 0 N–H and O–H groups in total. The van der Waals surface area contributed by atoms with Crippen molar-refractivity contribution in [3.63, 3.8) is 0 Å². The molecule has 0 aliphatic carbocycles. The highest BCUT2D eigenvalue weighted by molar-refractivity contribution is 5.95. The lowest BCUT2D eigenvalue weighted by atomic mass is 9.93. The van der Waals surface area contributed by atoms with Crippen LogP contribution in [-0.4, -0.2) is 54.9 Å². The number of piperidine rings is 1. The van der Waals surface area contributed by atoms with Crippen LogP contribution in [0.5, 0.6) is 5.88 Å². The zero-order valence-electron chi connectivity index (χ0n) is 18.8. The van der Waals surface area contributed by atoms with E-state index in [2.05, 4.69) is 36.0 Å². The van der Waals surface area contributed by atoms with Crippen LogP contribution in [0.15, 0.2) is 24.5 Å². The molecule has 4 rings (SSSR count). The Bertz CT molecular complexity index is 1110. The van der Waals surface area contributed by atoms with Gasteiger partial charge in [-0.05, 0) is 24.8 Å². The first-order valence-electron chi connectivity index (χ1n) is 10.7. The maximum atomic E-state index is 13.2. The largest absolute Gasteiger partial charge is 0.476 e. The second kappa shape index (κ2) is 8.48. The zero-order chi connectivity index (χ0) is 23.0. The van der Waals surface area contributed by atoms with E-state index in [9.17, 15) is 13.6 Å². The van der Waals surface area contributed by atoms with Crippen molar-refractivity contribution in [3.05, 3.63) is 41.5 Å². The molecule has 172 valence electrons. The number of imidazole rings is 1. The Labute approximate surface area is 185 Å². The molecule has 3 aromatic rings. The molecule has 0 atom stereocenters. The van der Waals surface area contributed by atoms with Gasteiger partial charge in [-0.15, -0.1) is 5.10 Å². The number of amides is 1. The number of nitrogens with zero attached hydrogens (tertiary/aromatic N) is 6. The number of ether oxygens (including phenoxy) is 1. The van der Waals surface area contributed by atoms with Gasteiger partial charge in [0.1, 0.15) is 5.69 Å². The number of hydrogen-bond donors (Lipinski definition) is 0. The minimum absolute atomic E-state index is 0.0235. The molecule has 1 aliphatic heterocycles. The second-order valence-corrected chi connectivity index (χ2v) is 9.30. The predicted molar refractivity (Wildman–Crippen MR) is 114 cm³/mol. The molecule has 8 nitrogen and oxygen atoms in total. The molecule has 1 saturated heterocycles. The van der Waals surface area contributed by atoms with Gasteiger partial charge in [-0.1, -0.05) is 20.8 Å². The van der Waals surface area contributed by atoms with Gasteiger partial charge in [-0.25, -0.2) is 18.3 Å². The second-order valence-electron chi connectivity index (χ2n) is 9.30. The summed E-state index contributed by atoms with van der Waals surface area (Å²) in [4.78, 5) is 18.9. The number of carbonyl (C=O) groups is 1. The minimum Gasteiger partial charge on any atom is -0.476 e. The van der Waals surface area contributed by atoms with Crippen molar-refractivity contribution in [2.75, 3.05) is 19.7 Å². The van der Waals surface area contributed by atoms with Gasteiger partial charge in [0.2, 0.25) is 5.88 Å². The van der Waals surface area contributed by atoms with E-state index >= 15 is 0 Å². The summed E-state index contributed by atoms with van der Waals surface area (Å²) in [5.74, 6) is 0.383. The highest BCUT2D eigenvalue weighted by Crippen LogP contribution is 2.26. The Balaban J connectivity index is 1.33. The molecular weight excluding hydrogens is 418 g/mol. The van der Waals surface area contributed by atoms with E-state index in [-0.39, 0.29) is 16.9 Å². The molecule has 0 bridgehead atoms. The van der Waals surface area contributed by atoms with Crippen molar-refractivity contribution in [2.24, 2.45) is 13.0 Å². The molecular formula is C22H28F2N6O2. The molecule has 4 heterocycles. The molecule has 0 saturated carbocycles. The summed E-state index contributed by atoms with van der Waals surface area (Å²) in [6.07, 6.45) is 1.97. The van der Waals surface area contributed by atoms with Gasteiger partial charge in [0.05, 0.1) is 24.1 Å². The van der Waals surface area contributed by atoms with E-state index in [0.717, 1.165) is 24.2 Å². The fourth-order valence-electron chi connectivity index (χ4n) is 3.81. The smallest absolute Gasteiger partial charge is 0.282 e. The number of rotatable bonds is 5. The lowest BCUT2D eigenvalue weighted by molar-refractivity contribution is 0.0648. The van der Waals surface area contributed by atoms with Crippen LogP contribution in [0.2, 0.25) is 0 Å².